The summed E-state index contributed by atoms with van der Waals surface area (Å²) in [6, 6.07) is 1.28. The minimum atomic E-state index is -1.06. The van der Waals surface area contributed by atoms with Crippen LogP contribution in [0, 0.1) is 0 Å². The number of rotatable bonds is 3. The minimum Gasteiger partial charge on any atom is -0.478 e. The molecule has 1 aliphatic rings. The molecule has 1 aromatic rings. The van der Waals surface area contributed by atoms with Crippen LogP contribution in [-0.2, 0) is 0 Å². The van der Waals surface area contributed by atoms with Crippen molar-refractivity contribution in [3.63, 3.8) is 0 Å². The molecule has 3 N–H and O–H groups in total. The molecule has 1 saturated carbocycles. The number of aromatic nitrogens is 1. The van der Waals surface area contributed by atoms with E-state index in [4.69, 9.17) is 16.7 Å². The van der Waals surface area contributed by atoms with Crippen molar-refractivity contribution >= 4 is 23.4 Å². The predicted molar refractivity (Wildman–Crippen MR) is 72.7 cm³/mol. The number of pyridine rings is 1. The van der Waals surface area contributed by atoms with E-state index in [1.807, 2.05) is 0 Å². The highest BCUT2D eigenvalue weighted by atomic mass is 35.5. The van der Waals surface area contributed by atoms with Crippen LogP contribution < -0.4 is 5.32 Å². The van der Waals surface area contributed by atoms with E-state index in [1.165, 1.54) is 12.3 Å². The molecule has 0 aromatic carbocycles. The summed E-state index contributed by atoms with van der Waals surface area (Å²) >= 11 is 6.01. The first-order chi connectivity index (χ1) is 9.08. The molecule has 5 nitrogen and oxygen atoms in total. The quantitative estimate of drug-likeness (QED) is 0.743. The highest BCUT2D eigenvalue weighted by molar-refractivity contribution is 6.33. The summed E-state index contributed by atoms with van der Waals surface area (Å²) < 4.78 is 0. The smallest absolute Gasteiger partial charge is 0.337 e. The molecule has 2 atom stereocenters. The maximum Gasteiger partial charge on any atom is 0.337 e. The van der Waals surface area contributed by atoms with Crippen LogP contribution in [0.25, 0.3) is 0 Å². The third-order valence-corrected chi connectivity index (χ3v) is 3.68. The molecule has 19 heavy (non-hydrogen) atoms. The molecule has 1 aliphatic carbocycles. The fourth-order valence-corrected chi connectivity index (χ4v) is 2.51. The third kappa shape index (κ3) is 3.58. The van der Waals surface area contributed by atoms with Crippen LogP contribution in [0.1, 0.15) is 42.5 Å². The Morgan fingerprint density at radius 1 is 1.37 bits per heavy atom. The van der Waals surface area contributed by atoms with Crippen molar-refractivity contribution in [2.45, 2.75) is 44.2 Å². The van der Waals surface area contributed by atoms with Gasteiger partial charge in [0, 0.05) is 6.20 Å². The van der Waals surface area contributed by atoms with Crippen molar-refractivity contribution in [2.24, 2.45) is 0 Å². The van der Waals surface area contributed by atoms with Gasteiger partial charge in [0.15, 0.2) is 0 Å². The Morgan fingerprint density at radius 3 is 2.79 bits per heavy atom. The number of nitrogens with one attached hydrogen (secondary N) is 1. The minimum absolute atomic E-state index is 0.0527. The topological polar surface area (TPSA) is 82.5 Å². The zero-order valence-corrected chi connectivity index (χ0v) is 11.2. The lowest BCUT2D eigenvalue weighted by molar-refractivity contribution is 0.0696. The molecule has 1 fully saturated rings. The van der Waals surface area contributed by atoms with E-state index < -0.39 is 12.1 Å². The normalized spacial score (nSPS) is 23.7. The lowest BCUT2D eigenvalue weighted by atomic mass is 10.1. The van der Waals surface area contributed by atoms with E-state index in [2.05, 4.69) is 10.3 Å². The summed E-state index contributed by atoms with van der Waals surface area (Å²) in [5.74, 6) is -0.631. The monoisotopic (exact) mass is 284 g/mol. The third-order valence-electron chi connectivity index (χ3n) is 3.39. The van der Waals surface area contributed by atoms with Gasteiger partial charge in [-0.2, -0.15) is 0 Å². The Labute approximate surface area is 116 Å². The van der Waals surface area contributed by atoms with Crippen molar-refractivity contribution in [2.75, 3.05) is 5.32 Å². The van der Waals surface area contributed by atoms with Gasteiger partial charge in [-0.25, -0.2) is 9.78 Å². The van der Waals surface area contributed by atoms with E-state index >= 15 is 0 Å². The van der Waals surface area contributed by atoms with Gasteiger partial charge >= 0.3 is 5.97 Å². The number of carboxylic acids is 1. The van der Waals surface area contributed by atoms with Gasteiger partial charge in [0.05, 0.1) is 22.7 Å². The zero-order chi connectivity index (χ0) is 13.8. The lowest BCUT2D eigenvalue weighted by Gasteiger charge is -2.22. The fourth-order valence-electron chi connectivity index (χ4n) is 2.29. The summed E-state index contributed by atoms with van der Waals surface area (Å²) in [6.07, 6.45) is 5.67. The van der Waals surface area contributed by atoms with Gasteiger partial charge in [0.1, 0.15) is 5.82 Å². The van der Waals surface area contributed by atoms with E-state index in [1.54, 1.807) is 0 Å². The van der Waals surface area contributed by atoms with Gasteiger partial charge in [-0.05, 0) is 18.9 Å². The number of aromatic carboxylic acids is 1. The molecule has 1 aromatic heterocycles. The summed E-state index contributed by atoms with van der Waals surface area (Å²) in [7, 11) is 0. The van der Waals surface area contributed by atoms with Crippen LogP contribution >= 0.6 is 11.6 Å². The van der Waals surface area contributed by atoms with Crippen LogP contribution in [0.3, 0.4) is 0 Å². The number of aliphatic hydroxyl groups is 1. The van der Waals surface area contributed by atoms with Crippen LogP contribution in [0.15, 0.2) is 12.3 Å². The molecular formula is C13H17ClN2O3. The molecule has 0 aliphatic heterocycles. The lowest BCUT2D eigenvalue weighted by Crippen LogP contribution is -2.32. The fraction of sp³-hybridized carbons (Fsp3) is 0.538. The number of halogens is 1. The number of anilines is 1. The van der Waals surface area contributed by atoms with Crippen molar-refractivity contribution in [1.82, 2.24) is 4.98 Å². The predicted octanol–water partition coefficient (Wildman–Crippen LogP) is 2.54. The Hall–Kier alpha value is -1.33. The first-order valence-corrected chi connectivity index (χ1v) is 6.79. The van der Waals surface area contributed by atoms with Crippen LogP contribution in [0.2, 0.25) is 5.02 Å². The first kappa shape index (κ1) is 14.1. The van der Waals surface area contributed by atoms with Gasteiger partial charge in [-0.1, -0.05) is 30.9 Å². The number of aliphatic hydroxyl groups excluding tert-OH is 1. The molecule has 0 spiro atoms. The summed E-state index contributed by atoms with van der Waals surface area (Å²) in [5.41, 5.74) is 0.0527. The van der Waals surface area contributed by atoms with Crippen LogP contribution in [-0.4, -0.2) is 33.3 Å². The highest BCUT2D eigenvalue weighted by Gasteiger charge is 2.22. The van der Waals surface area contributed by atoms with Crippen molar-refractivity contribution in [3.05, 3.63) is 22.8 Å². The second-order valence-corrected chi connectivity index (χ2v) is 5.22. The summed E-state index contributed by atoms with van der Waals surface area (Å²) in [5, 5.41) is 22.2. The number of carboxylic acid groups (broad SMARTS) is 1. The van der Waals surface area contributed by atoms with Gasteiger partial charge in [0.25, 0.3) is 0 Å². The average Bonchev–Trinajstić information content (AvgIpc) is 2.57. The number of nitrogens with zero attached hydrogens (tertiary/aromatic N) is 1. The van der Waals surface area contributed by atoms with E-state index in [9.17, 15) is 9.90 Å². The standard InChI is InChI=1S/C13H17ClN2O3/c14-9-6-8(13(18)19)7-15-12(9)16-10-4-2-1-3-5-11(10)17/h6-7,10-11,17H,1-5H2,(H,15,16)(H,18,19). The van der Waals surface area contributed by atoms with Gasteiger partial charge in [0.2, 0.25) is 0 Å². The molecule has 2 rings (SSSR count). The Kier molecular flexibility index (Phi) is 4.61. The van der Waals surface area contributed by atoms with Crippen molar-refractivity contribution < 1.29 is 15.0 Å². The molecule has 104 valence electrons. The zero-order valence-electron chi connectivity index (χ0n) is 10.5. The van der Waals surface area contributed by atoms with Crippen LogP contribution in [0.4, 0.5) is 5.82 Å². The average molecular weight is 285 g/mol. The number of carbonyl (C=O) groups is 1. The molecule has 0 radical (unpaired) electrons. The van der Waals surface area contributed by atoms with Crippen molar-refractivity contribution in [1.29, 1.82) is 0 Å². The SMILES string of the molecule is O=C(O)c1cnc(NC2CCCCCC2O)c(Cl)c1. The van der Waals surface area contributed by atoms with E-state index in [0.717, 1.165) is 32.1 Å². The largest absolute Gasteiger partial charge is 0.478 e. The van der Waals surface area contributed by atoms with Crippen molar-refractivity contribution in [3.8, 4) is 0 Å². The molecule has 2 unspecified atom stereocenters. The van der Waals surface area contributed by atoms with Gasteiger partial charge < -0.3 is 15.5 Å². The van der Waals surface area contributed by atoms with Gasteiger partial charge in [-0.3, -0.25) is 0 Å². The first-order valence-electron chi connectivity index (χ1n) is 6.41. The van der Waals surface area contributed by atoms with Gasteiger partial charge in [-0.15, -0.1) is 0 Å². The Bertz CT molecular complexity index is 467. The maximum atomic E-state index is 10.8. The Morgan fingerprint density at radius 2 is 2.11 bits per heavy atom. The molecule has 0 bridgehead atoms. The second-order valence-electron chi connectivity index (χ2n) is 4.82. The molecule has 0 saturated heterocycles. The summed E-state index contributed by atoms with van der Waals surface area (Å²) in [6.45, 7) is 0. The molecule has 6 heteroatoms. The highest BCUT2D eigenvalue weighted by Crippen LogP contribution is 2.25. The number of hydrogen-bond donors (Lipinski definition) is 3. The molecule has 0 amide bonds. The van der Waals surface area contributed by atoms with E-state index in [-0.39, 0.29) is 16.6 Å². The molecular weight excluding hydrogens is 268 g/mol. The molecule has 1 heterocycles. The summed E-state index contributed by atoms with van der Waals surface area (Å²) in [4.78, 5) is 14.8. The van der Waals surface area contributed by atoms with E-state index in [0.29, 0.717) is 5.82 Å². The van der Waals surface area contributed by atoms with Crippen LogP contribution in [0.5, 0.6) is 0 Å². The maximum absolute atomic E-state index is 10.8. The Balaban J connectivity index is 2.11. The second kappa shape index (κ2) is 6.21. The number of hydrogen-bond acceptors (Lipinski definition) is 4.